The van der Waals surface area contributed by atoms with Crippen LogP contribution < -0.4 is 25.0 Å². The van der Waals surface area contributed by atoms with Crippen molar-refractivity contribution in [2.45, 2.75) is 18.8 Å². The number of aromatic nitrogens is 3. The van der Waals surface area contributed by atoms with Gasteiger partial charge in [0, 0.05) is 31.8 Å². The van der Waals surface area contributed by atoms with Gasteiger partial charge in [-0.05, 0) is 56.6 Å². The highest BCUT2D eigenvalue weighted by atomic mass is 16.5. The van der Waals surface area contributed by atoms with Gasteiger partial charge >= 0.3 is 0 Å². The number of methoxy groups -OCH3 is 2. The fourth-order valence-corrected chi connectivity index (χ4v) is 4.10. The van der Waals surface area contributed by atoms with Gasteiger partial charge in [0.2, 0.25) is 11.9 Å². The van der Waals surface area contributed by atoms with E-state index in [0.717, 1.165) is 30.1 Å². The molecule has 2 aromatic carbocycles. The van der Waals surface area contributed by atoms with Crippen LogP contribution in [-0.4, -0.2) is 74.2 Å². The van der Waals surface area contributed by atoms with E-state index in [0.29, 0.717) is 34.8 Å². The minimum absolute atomic E-state index is 0.311. The van der Waals surface area contributed by atoms with E-state index >= 15 is 0 Å². The number of rotatable bonds is 12. The Morgan fingerprint density at radius 2 is 1.82 bits per heavy atom. The van der Waals surface area contributed by atoms with Crippen LogP contribution in [0, 0.1) is 0 Å². The summed E-state index contributed by atoms with van der Waals surface area (Å²) in [6.07, 6.45) is 5.08. The van der Waals surface area contributed by atoms with E-state index in [9.17, 15) is 4.79 Å². The first-order valence-corrected chi connectivity index (χ1v) is 12.5. The van der Waals surface area contributed by atoms with Crippen LogP contribution >= 0.6 is 0 Å². The number of hydrogen-bond acceptors (Lipinski definition) is 9. The second-order valence-electron chi connectivity index (χ2n) is 9.48. The van der Waals surface area contributed by atoms with Crippen LogP contribution in [0.1, 0.15) is 24.3 Å². The maximum atomic E-state index is 12.2. The molecule has 2 N–H and O–H groups in total. The summed E-state index contributed by atoms with van der Waals surface area (Å²) in [7, 11) is 9.28. The van der Waals surface area contributed by atoms with E-state index in [-0.39, 0.29) is 5.91 Å². The Hall–Kier alpha value is -4.18. The van der Waals surface area contributed by atoms with E-state index in [4.69, 9.17) is 9.47 Å². The quantitative estimate of drug-likeness (QED) is 0.340. The molecule has 1 amide bonds. The number of carbonyl (C=O) groups is 1. The minimum Gasteiger partial charge on any atom is -0.496 e. The van der Waals surface area contributed by atoms with Crippen molar-refractivity contribution in [3.63, 3.8) is 0 Å². The SMILES string of the molecule is C=CC(=O)Nc1cc(Nc2ncnc(-c3ccc(C4CC4)c(OC)c3)n2)c(OC)cc1N(C)CCN(C)C. The fourth-order valence-electron chi connectivity index (χ4n) is 4.10. The molecule has 1 fully saturated rings. The first-order valence-electron chi connectivity index (χ1n) is 12.5. The fraction of sp³-hybridized carbons (Fsp3) is 0.357. The summed E-state index contributed by atoms with van der Waals surface area (Å²) < 4.78 is 11.3. The van der Waals surface area contributed by atoms with E-state index in [1.807, 2.05) is 39.3 Å². The lowest BCUT2D eigenvalue weighted by Gasteiger charge is -2.26. The van der Waals surface area contributed by atoms with Crippen molar-refractivity contribution in [3.05, 3.63) is 54.9 Å². The molecule has 0 aliphatic heterocycles. The summed E-state index contributed by atoms with van der Waals surface area (Å²) in [6, 6.07) is 9.75. The molecule has 1 aliphatic rings. The summed E-state index contributed by atoms with van der Waals surface area (Å²) in [5.74, 6) is 2.54. The molecule has 0 saturated heterocycles. The lowest BCUT2D eigenvalue weighted by molar-refractivity contribution is -0.111. The predicted octanol–water partition coefficient (Wildman–Crippen LogP) is 4.30. The highest BCUT2D eigenvalue weighted by Crippen LogP contribution is 2.45. The lowest BCUT2D eigenvalue weighted by Crippen LogP contribution is -2.29. The predicted molar refractivity (Wildman–Crippen MR) is 151 cm³/mol. The van der Waals surface area contributed by atoms with Gasteiger partial charge in [-0.15, -0.1) is 0 Å². The molecule has 0 radical (unpaired) electrons. The Labute approximate surface area is 223 Å². The van der Waals surface area contributed by atoms with Crippen molar-refractivity contribution in [3.8, 4) is 22.9 Å². The topological polar surface area (TPSA) is 105 Å². The van der Waals surface area contributed by atoms with Crippen LogP contribution in [0.5, 0.6) is 11.5 Å². The van der Waals surface area contributed by atoms with E-state index in [2.05, 4.69) is 48.0 Å². The molecule has 10 heteroatoms. The van der Waals surface area contributed by atoms with Crippen LogP contribution in [0.4, 0.5) is 23.0 Å². The zero-order chi connectivity index (χ0) is 27.2. The molecule has 0 unspecified atom stereocenters. The Bertz CT molecular complexity index is 1310. The molecule has 0 bridgehead atoms. The molecular weight excluding hydrogens is 482 g/mol. The average molecular weight is 518 g/mol. The lowest BCUT2D eigenvalue weighted by atomic mass is 10.1. The van der Waals surface area contributed by atoms with Gasteiger partial charge in [-0.1, -0.05) is 18.7 Å². The normalized spacial score (nSPS) is 12.7. The third-order valence-electron chi connectivity index (χ3n) is 6.38. The molecule has 1 heterocycles. The number of nitrogens with zero attached hydrogens (tertiary/aromatic N) is 5. The van der Waals surface area contributed by atoms with Gasteiger partial charge in [0.05, 0.1) is 31.3 Å². The van der Waals surface area contributed by atoms with Crippen molar-refractivity contribution < 1.29 is 14.3 Å². The molecule has 38 heavy (non-hydrogen) atoms. The third-order valence-corrected chi connectivity index (χ3v) is 6.38. The number of nitrogens with one attached hydrogen (secondary N) is 2. The molecule has 0 spiro atoms. The zero-order valence-corrected chi connectivity index (χ0v) is 22.6. The summed E-state index contributed by atoms with van der Waals surface area (Å²) in [4.78, 5) is 29.7. The molecule has 3 aromatic rings. The van der Waals surface area contributed by atoms with E-state index < -0.39 is 0 Å². The van der Waals surface area contributed by atoms with Gasteiger partial charge in [-0.25, -0.2) is 9.97 Å². The highest BCUT2D eigenvalue weighted by molar-refractivity contribution is 6.02. The highest BCUT2D eigenvalue weighted by Gasteiger charge is 2.27. The molecule has 1 saturated carbocycles. The molecule has 1 aromatic heterocycles. The largest absolute Gasteiger partial charge is 0.496 e. The summed E-state index contributed by atoms with van der Waals surface area (Å²) >= 11 is 0. The van der Waals surface area contributed by atoms with Gasteiger partial charge in [0.25, 0.3) is 0 Å². The number of hydrogen-bond donors (Lipinski definition) is 2. The molecule has 1 aliphatic carbocycles. The number of amides is 1. The first-order chi connectivity index (χ1) is 18.3. The molecule has 4 rings (SSSR count). The second-order valence-corrected chi connectivity index (χ2v) is 9.48. The van der Waals surface area contributed by atoms with Gasteiger partial charge in [-0.3, -0.25) is 4.79 Å². The summed E-state index contributed by atoms with van der Waals surface area (Å²) in [6.45, 7) is 5.17. The van der Waals surface area contributed by atoms with Crippen LogP contribution in [0.25, 0.3) is 11.4 Å². The maximum Gasteiger partial charge on any atom is 0.247 e. The van der Waals surface area contributed by atoms with E-state index in [1.165, 1.54) is 30.8 Å². The van der Waals surface area contributed by atoms with Crippen LogP contribution in [0.15, 0.2) is 49.3 Å². The molecule has 10 nitrogen and oxygen atoms in total. The number of carbonyl (C=O) groups excluding carboxylic acids is 1. The minimum atomic E-state index is -0.311. The van der Waals surface area contributed by atoms with Crippen molar-refractivity contribution in [2.75, 3.05) is 64.0 Å². The number of likely N-dealkylation sites (N-methyl/N-ethyl adjacent to an activating group) is 2. The monoisotopic (exact) mass is 517 g/mol. The average Bonchev–Trinajstić information content (AvgIpc) is 3.77. The van der Waals surface area contributed by atoms with Gasteiger partial charge in [0.1, 0.15) is 17.8 Å². The van der Waals surface area contributed by atoms with Gasteiger partial charge < -0.3 is 29.9 Å². The Morgan fingerprint density at radius 1 is 1.05 bits per heavy atom. The van der Waals surface area contributed by atoms with Crippen molar-refractivity contribution in [1.82, 2.24) is 19.9 Å². The summed E-state index contributed by atoms with van der Waals surface area (Å²) in [5.41, 5.74) is 4.06. The first kappa shape index (κ1) is 26.9. The third kappa shape index (κ3) is 6.38. The second kappa shape index (κ2) is 11.9. The Kier molecular flexibility index (Phi) is 8.42. The smallest absolute Gasteiger partial charge is 0.247 e. The Balaban J connectivity index is 1.65. The molecule has 0 atom stereocenters. The maximum absolute atomic E-state index is 12.2. The van der Waals surface area contributed by atoms with Crippen molar-refractivity contribution in [1.29, 1.82) is 0 Å². The number of ether oxygens (including phenoxy) is 2. The van der Waals surface area contributed by atoms with E-state index in [1.54, 1.807) is 20.3 Å². The number of anilines is 4. The number of benzene rings is 2. The molecular formula is C28H35N7O3. The van der Waals surface area contributed by atoms with Crippen LogP contribution in [0.3, 0.4) is 0 Å². The van der Waals surface area contributed by atoms with Gasteiger partial charge in [0.15, 0.2) is 5.82 Å². The van der Waals surface area contributed by atoms with Crippen molar-refractivity contribution in [2.24, 2.45) is 0 Å². The van der Waals surface area contributed by atoms with Crippen LogP contribution in [-0.2, 0) is 4.79 Å². The Morgan fingerprint density at radius 3 is 2.47 bits per heavy atom. The van der Waals surface area contributed by atoms with Gasteiger partial charge in [-0.2, -0.15) is 4.98 Å². The molecule has 200 valence electrons. The van der Waals surface area contributed by atoms with Crippen molar-refractivity contribution >= 4 is 28.9 Å². The van der Waals surface area contributed by atoms with Crippen LogP contribution in [0.2, 0.25) is 0 Å². The summed E-state index contributed by atoms with van der Waals surface area (Å²) in [5, 5.41) is 6.13. The standard InChI is InChI=1S/C28H35N7O3/c1-7-26(36)31-21-15-22(25(38-6)16-23(21)35(4)13-12-34(2)3)32-28-30-17-29-27(33-28)19-10-11-20(18-8-9-18)24(14-19)37-5/h7,10-11,14-18H,1,8-9,12-13H2,2-6H3,(H,31,36)(H,29,30,32,33). The zero-order valence-electron chi connectivity index (χ0n) is 22.6.